The molecule has 3 aromatic carbocycles. The predicted molar refractivity (Wildman–Crippen MR) is 125 cm³/mol. The predicted octanol–water partition coefficient (Wildman–Crippen LogP) is 5.46. The monoisotopic (exact) mass is 470 g/mol. The highest BCUT2D eigenvalue weighted by atomic mass is 35.5. The lowest BCUT2D eigenvalue weighted by Crippen LogP contribution is -2.40. The Hall–Kier alpha value is -3.35. The normalized spacial score (nSPS) is 11.5. The van der Waals surface area contributed by atoms with E-state index in [-0.39, 0.29) is 11.8 Å². The van der Waals surface area contributed by atoms with Crippen LogP contribution in [-0.4, -0.2) is 40.9 Å². The van der Waals surface area contributed by atoms with Gasteiger partial charge in [-0.1, -0.05) is 47.5 Å². The summed E-state index contributed by atoms with van der Waals surface area (Å²) in [5.41, 5.74) is 3.17. The van der Waals surface area contributed by atoms with Crippen molar-refractivity contribution in [2.75, 3.05) is 12.4 Å². The summed E-state index contributed by atoms with van der Waals surface area (Å²) < 4.78 is 0. The molecule has 0 aliphatic carbocycles. The smallest absolute Gasteiger partial charge is 0.326 e. The molecule has 0 aliphatic heterocycles. The molecule has 0 saturated heterocycles. The zero-order valence-corrected chi connectivity index (χ0v) is 18.8. The number of benzene rings is 3. The topological polar surface area (TPSA) is 86.7 Å². The third-order valence-corrected chi connectivity index (χ3v) is 5.79. The molecule has 0 bridgehead atoms. The summed E-state index contributed by atoms with van der Waals surface area (Å²) >= 11 is 11.8. The second-order valence-electron chi connectivity index (χ2n) is 7.17. The van der Waals surface area contributed by atoms with Crippen LogP contribution in [0.2, 0.25) is 10.0 Å². The van der Waals surface area contributed by atoms with E-state index in [9.17, 15) is 14.4 Å². The molecule has 0 unspecified atom stereocenters. The zero-order chi connectivity index (χ0) is 23.4. The number of nitrogens with zero attached hydrogens (tertiary/aromatic N) is 1. The summed E-state index contributed by atoms with van der Waals surface area (Å²) in [7, 11) is 1.46. The Morgan fingerprint density at radius 1 is 0.844 bits per heavy atom. The minimum Gasteiger partial charge on any atom is -0.480 e. The summed E-state index contributed by atoms with van der Waals surface area (Å²) in [4.78, 5) is 37.1. The van der Waals surface area contributed by atoms with Crippen molar-refractivity contribution < 1.29 is 19.5 Å². The summed E-state index contributed by atoms with van der Waals surface area (Å²) in [6, 6.07) is 17.9. The van der Waals surface area contributed by atoms with Crippen LogP contribution in [-0.2, 0) is 4.79 Å². The molecule has 8 heteroatoms. The van der Waals surface area contributed by atoms with E-state index in [0.29, 0.717) is 26.9 Å². The van der Waals surface area contributed by atoms with E-state index in [4.69, 9.17) is 28.3 Å². The second-order valence-corrected chi connectivity index (χ2v) is 7.98. The van der Waals surface area contributed by atoms with Gasteiger partial charge in [0.15, 0.2) is 0 Å². The van der Waals surface area contributed by atoms with E-state index in [0.717, 1.165) is 11.1 Å². The molecular formula is C24H20Cl2N2O4. The van der Waals surface area contributed by atoms with Gasteiger partial charge in [0.05, 0.1) is 10.0 Å². The molecule has 0 fully saturated rings. The number of nitrogens with one attached hydrogen (secondary N) is 1. The molecule has 0 saturated carbocycles. The van der Waals surface area contributed by atoms with Crippen LogP contribution in [0.5, 0.6) is 0 Å². The van der Waals surface area contributed by atoms with Crippen molar-refractivity contribution in [3.63, 3.8) is 0 Å². The van der Waals surface area contributed by atoms with E-state index < -0.39 is 12.0 Å². The van der Waals surface area contributed by atoms with E-state index >= 15 is 0 Å². The lowest BCUT2D eigenvalue weighted by Gasteiger charge is -2.21. The Balaban J connectivity index is 1.69. The number of hydrogen-bond donors (Lipinski definition) is 2. The maximum Gasteiger partial charge on any atom is 0.326 e. The van der Waals surface area contributed by atoms with Crippen LogP contribution >= 0.6 is 23.2 Å². The largest absolute Gasteiger partial charge is 0.480 e. The highest BCUT2D eigenvalue weighted by molar-refractivity contribution is 6.42. The van der Waals surface area contributed by atoms with Crippen LogP contribution in [0.4, 0.5) is 5.69 Å². The highest BCUT2D eigenvalue weighted by Gasteiger charge is 2.22. The molecule has 3 rings (SSSR count). The van der Waals surface area contributed by atoms with E-state index in [1.165, 1.54) is 24.9 Å². The fraction of sp³-hybridized carbons (Fsp3) is 0.125. The molecule has 2 N–H and O–H groups in total. The molecule has 164 valence electrons. The molecule has 3 aromatic rings. The maximum absolute atomic E-state index is 12.4. The van der Waals surface area contributed by atoms with Gasteiger partial charge < -0.3 is 15.3 Å². The molecule has 32 heavy (non-hydrogen) atoms. The van der Waals surface area contributed by atoms with Crippen LogP contribution < -0.4 is 5.32 Å². The van der Waals surface area contributed by atoms with Crippen molar-refractivity contribution in [3.05, 3.63) is 87.9 Å². The van der Waals surface area contributed by atoms with Crippen LogP contribution in [0.15, 0.2) is 66.7 Å². The van der Waals surface area contributed by atoms with Crippen LogP contribution in [0.3, 0.4) is 0 Å². The lowest BCUT2D eigenvalue weighted by molar-refractivity contribution is -0.141. The van der Waals surface area contributed by atoms with Gasteiger partial charge in [-0.25, -0.2) is 4.79 Å². The fourth-order valence-electron chi connectivity index (χ4n) is 2.94. The van der Waals surface area contributed by atoms with Crippen LogP contribution in [0.1, 0.15) is 27.6 Å². The standard InChI is InChI=1S/C24H20Cl2N2O4/c1-14(24(31)32)28(2)23(30)17-5-3-15(4-6-17)16-7-10-19(11-8-16)27-22(29)18-9-12-20(25)21(26)13-18/h3-14H,1-2H3,(H,27,29)(H,31,32)/t14-/m0/s1. The number of carbonyl (C=O) groups excluding carboxylic acids is 2. The van der Waals surface area contributed by atoms with E-state index in [2.05, 4.69) is 5.32 Å². The first kappa shape index (κ1) is 23.3. The Morgan fingerprint density at radius 3 is 1.91 bits per heavy atom. The Labute approximate surface area is 195 Å². The van der Waals surface area contributed by atoms with Crippen LogP contribution in [0.25, 0.3) is 11.1 Å². The quantitative estimate of drug-likeness (QED) is 0.500. The average molecular weight is 471 g/mol. The minimum atomic E-state index is -1.07. The van der Waals surface area contributed by atoms with Gasteiger partial charge in [0.1, 0.15) is 6.04 Å². The Bertz CT molecular complexity index is 1160. The number of likely N-dealkylation sites (N-methyl/N-ethyl adjacent to an activating group) is 1. The van der Waals surface area contributed by atoms with Gasteiger partial charge in [-0.05, 0) is 60.5 Å². The summed E-state index contributed by atoms with van der Waals surface area (Å²) in [5.74, 6) is -1.74. The first-order valence-corrected chi connectivity index (χ1v) is 10.4. The number of carboxylic acids is 1. The van der Waals surface area contributed by atoms with Crippen molar-refractivity contribution in [2.45, 2.75) is 13.0 Å². The zero-order valence-electron chi connectivity index (χ0n) is 17.3. The molecule has 0 aliphatic rings. The molecule has 0 spiro atoms. The fourth-order valence-corrected chi connectivity index (χ4v) is 3.24. The minimum absolute atomic E-state index is 0.306. The van der Waals surface area contributed by atoms with Crippen molar-refractivity contribution >= 4 is 46.7 Å². The lowest BCUT2D eigenvalue weighted by atomic mass is 10.0. The first-order chi connectivity index (χ1) is 15.2. The van der Waals surface area contributed by atoms with Crippen molar-refractivity contribution in [1.29, 1.82) is 0 Å². The van der Waals surface area contributed by atoms with Gasteiger partial charge >= 0.3 is 5.97 Å². The van der Waals surface area contributed by atoms with Crippen molar-refractivity contribution in [2.24, 2.45) is 0 Å². The Kier molecular flexibility index (Phi) is 7.18. The van der Waals surface area contributed by atoms with Gasteiger partial charge in [0.25, 0.3) is 11.8 Å². The number of aliphatic carboxylic acids is 1. The van der Waals surface area contributed by atoms with Gasteiger partial charge in [0.2, 0.25) is 0 Å². The second kappa shape index (κ2) is 9.85. The van der Waals surface area contributed by atoms with E-state index in [1.54, 1.807) is 48.5 Å². The van der Waals surface area contributed by atoms with E-state index in [1.807, 2.05) is 12.1 Å². The third kappa shape index (κ3) is 5.28. The maximum atomic E-state index is 12.4. The molecule has 0 radical (unpaired) electrons. The molecular weight excluding hydrogens is 451 g/mol. The van der Waals surface area contributed by atoms with Gasteiger partial charge in [-0.3, -0.25) is 9.59 Å². The number of amides is 2. The average Bonchev–Trinajstić information content (AvgIpc) is 2.80. The first-order valence-electron chi connectivity index (χ1n) is 9.64. The summed E-state index contributed by atoms with van der Waals surface area (Å²) in [5, 5.41) is 12.6. The number of carbonyl (C=O) groups is 3. The summed E-state index contributed by atoms with van der Waals surface area (Å²) in [6.07, 6.45) is 0. The third-order valence-electron chi connectivity index (χ3n) is 5.05. The van der Waals surface area contributed by atoms with Gasteiger partial charge in [0, 0.05) is 23.9 Å². The molecule has 2 amide bonds. The number of rotatable bonds is 6. The number of carboxylic acid groups (broad SMARTS) is 1. The summed E-state index contributed by atoms with van der Waals surface area (Å²) in [6.45, 7) is 1.45. The van der Waals surface area contributed by atoms with Crippen molar-refractivity contribution in [3.8, 4) is 11.1 Å². The van der Waals surface area contributed by atoms with Gasteiger partial charge in [-0.2, -0.15) is 0 Å². The SMILES string of the molecule is C[C@@H](C(=O)O)N(C)C(=O)c1ccc(-c2ccc(NC(=O)c3ccc(Cl)c(Cl)c3)cc2)cc1. The number of hydrogen-bond acceptors (Lipinski definition) is 3. The number of halogens is 2. The van der Waals surface area contributed by atoms with Crippen LogP contribution in [0, 0.1) is 0 Å². The Morgan fingerprint density at radius 2 is 1.38 bits per heavy atom. The van der Waals surface area contributed by atoms with Crippen molar-refractivity contribution in [1.82, 2.24) is 4.90 Å². The van der Waals surface area contributed by atoms with Gasteiger partial charge in [-0.15, -0.1) is 0 Å². The molecule has 0 aromatic heterocycles. The highest BCUT2D eigenvalue weighted by Crippen LogP contribution is 2.25. The molecule has 6 nitrogen and oxygen atoms in total. The number of anilines is 1. The molecule has 1 atom stereocenters. The molecule has 0 heterocycles.